The van der Waals surface area contributed by atoms with Crippen molar-refractivity contribution >= 4 is 23.2 Å². The van der Waals surface area contributed by atoms with E-state index in [1.165, 1.54) is 6.92 Å². The maximum Gasteiger partial charge on any atom is 0.238 e. The van der Waals surface area contributed by atoms with Gasteiger partial charge in [-0.1, -0.05) is 12.1 Å². The number of carbonyl (C=O) groups is 2. The minimum Gasteiger partial charge on any atom is -0.496 e. The highest BCUT2D eigenvalue weighted by Crippen LogP contribution is 2.19. The highest BCUT2D eigenvalue weighted by Gasteiger charge is 2.09. The normalized spacial score (nSPS) is 10.5. The minimum absolute atomic E-state index is 0.0926. The summed E-state index contributed by atoms with van der Waals surface area (Å²) in [6, 6.07) is 13.0. The fraction of sp³-hybridized carbons (Fsp3) is 0.300. The molecule has 0 saturated carbocycles. The number of methoxy groups -OCH3 is 1. The predicted octanol–water partition coefficient (Wildman–Crippen LogP) is 3.03. The van der Waals surface area contributed by atoms with Crippen molar-refractivity contribution in [1.82, 2.24) is 4.90 Å². The molecule has 0 aromatic heterocycles. The number of anilines is 2. The van der Waals surface area contributed by atoms with Crippen molar-refractivity contribution in [2.75, 3.05) is 31.3 Å². The van der Waals surface area contributed by atoms with E-state index in [1.54, 1.807) is 31.4 Å². The molecule has 0 aliphatic carbocycles. The number of carbonyl (C=O) groups excluding carboxylic acids is 2. The van der Waals surface area contributed by atoms with E-state index < -0.39 is 0 Å². The van der Waals surface area contributed by atoms with Crippen molar-refractivity contribution in [3.8, 4) is 5.75 Å². The Hall–Kier alpha value is -2.86. The van der Waals surface area contributed by atoms with Crippen molar-refractivity contribution in [2.24, 2.45) is 0 Å². The first-order valence-corrected chi connectivity index (χ1v) is 8.37. The molecule has 2 rings (SSSR count). The Morgan fingerprint density at radius 1 is 1.04 bits per heavy atom. The standard InChI is InChI=1S/C20H25N3O3/c1-14-11-16(5-10-19(14)26-4)12-23(3)13-20(25)22-18-8-6-17(7-9-18)21-15(2)24/h5-11H,12-13H2,1-4H3,(H,21,24)(H,22,25). The van der Waals surface area contributed by atoms with Crippen LogP contribution in [0.15, 0.2) is 42.5 Å². The van der Waals surface area contributed by atoms with E-state index in [0.717, 1.165) is 16.9 Å². The maximum atomic E-state index is 12.2. The van der Waals surface area contributed by atoms with Gasteiger partial charge in [-0.3, -0.25) is 14.5 Å². The molecular formula is C20H25N3O3. The van der Waals surface area contributed by atoms with Gasteiger partial charge in [-0.05, 0) is 55.4 Å². The van der Waals surface area contributed by atoms with Crippen LogP contribution in [0.1, 0.15) is 18.1 Å². The van der Waals surface area contributed by atoms with Gasteiger partial charge in [0.2, 0.25) is 11.8 Å². The van der Waals surface area contributed by atoms with Crippen LogP contribution in [0.4, 0.5) is 11.4 Å². The Bertz CT molecular complexity index is 772. The van der Waals surface area contributed by atoms with Crippen LogP contribution in [0.3, 0.4) is 0 Å². The van der Waals surface area contributed by atoms with Crippen molar-refractivity contribution in [2.45, 2.75) is 20.4 Å². The Balaban J connectivity index is 1.86. The molecule has 0 unspecified atom stereocenters. The van der Waals surface area contributed by atoms with Gasteiger partial charge < -0.3 is 15.4 Å². The molecule has 2 amide bonds. The highest BCUT2D eigenvalue weighted by atomic mass is 16.5. The summed E-state index contributed by atoms with van der Waals surface area (Å²) in [5, 5.41) is 5.54. The zero-order chi connectivity index (χ0) is 19.1. The fourth-order valence-electron chi connectivity index (χ4n) is 2.69. The molecule has 6 heteroatoms. The van der Waals surface area contributed by atoms with E-state index >= 15 is 0 Å². The summed E-state index contributed by atoms with van der Waals surface area (Å²) < 4.78 is 5.26. The Kier molecular flexibility index (Phi) is 6.74. The van der Waals surface area contributed by atoms with E-state index in [-0.39, 0.29) is 18.4 Å². The molecule has 0 spiro atoms. The lowest BCUT2D eigenvalue weighted by atomic mass is 10.1. The molecule has 2 aromatic rings. The summed E-state index contributed by atoms with van der Waals surface area (Å²) in [4.78, 5) is 25.2. The number of benzene rings is 2. The van der Waals surface area contributed by atoms with Gasteiger partial charge in [0.1, 0.15) is 5.75 Å². The molecule has 0 heterocycles. The number of ether oxygens (including phenoxy) is 1. The van der Waals surface area contributed by atoms with Crippen LogP contribution in [0, 0.1) is 6.92 Å². The molecule has 0 fully saturated rings. The number of nitrogens with zero attached hydrogens (tertiary/aromatic N) is 1. The van der Waals surface area contributed by atoms with Gasteiger partial charge in [0.05, 0.1) is 13.7 Å². The minimum atomic E-state index is -0.128. The second-order valence-corrected chi connectivity index (χ2v) is 6.28. The Morgan fingerprint density at radius 2 is 1.65 bits per heavy atom. The molecule has 0 aliphatic heterocycles. The summed E-state index contributed by atoms with van der Waals surface area (Å²) in [6.07, 6.45) is 0. The van der Waals surface area contributed by atoms with E-state index in [2.05, 4.69) is 16.7 Å². The van der Waals surface area contributed by atoms with Gasteiger partial charge in [-0.25, -0.2) is 0 Å². The topological polar surface area (TPSA) is 70.7 Å². The van der Waals surface area contributed by atoms with Gasteiger partial charge in [-0.2, -0.15) is 0 Å². The third-order valence-electron chi connectivity index (χ3n) is 3.81. The molecule has 0 atom stereocenters. The smallest absolute Gasteiger partial charge is 0.238 e. The molecule has 26 heavy (non-hydrogen) atoms. The monoisotopic (exact) mass is 355 g/mol. The van der Waals surface area contributed by atoms with Gasteiger partial charge in [0.25, 0.3) is 0 Å². The number of hydrogen-bond donors (Lipinski definition) is 2. The van der Waals surface area contributed by atoms with Crippen molar-refractivity contribution < 1.29 is 14.3 Å². The van der Waals surface area contributed by atoms with Crippen LogP contribution < -0.4 is 15.4 Å². The summed E-state index contributed by atoms with van der Waals surface area (Å²) >= 11 is 0. The highest BCUT2D eigenvalue weighted by molar-refractivity contribution is 5.93. The van der Waals surface area contributed by atoms with Crippen LogP contribution >= 0.6 is 0 Å². The SMILES string of the molecule is COc1ccc(CN(C)CC(=O)Nc2ccc(NC(C)=O)cc2)cc1C. The first kappa shape index (κ1) is 19.5. The number of rotatable bonds is 7. The van der Waals surface area contributed by atoms with Gasteiger partial charge >= 0.3 is 0 Å². The third-order valence-corrected chi connectivity index (χ3v) is 3.81. The average molecular weight is 355 g/mol. The number of likely N-dealkylation sites (N-methyl/N-ethyl adjacent to an activating group) is 1. The van der Waals surface area contributed by atoms with Crippen LogP contribution in [0.2, 0.25) is 0 Å². The summed E-state index contributed by atoms with van der Waals surface area (Å²) in [5.74, 6) is 0.638. The second-order valence-electron chi connectivity index (χ2n) is 6.28. The number of amides is 2. The van der Waals surface area contributed by atoms with Crippen molar-refractivity contribution in [3.05, 3.63) is 53.6 Å². The number of nitrogens with one attached hydrogen (secondary N) is 2. The molecule has 2 aromatic carbocycles. The van der Waals surface area contributed by atoms with E-state index in [0.29, 0.717) is 17.9 Å². The lowest BCUT2D eigenvalue weighted by molar-refractivity contribution is -0.117. The van der Waals surface area contributed by atoms with Crippen LogP contribution in [0.25, 0.3) is 0 Å². The molecule has 0 saturated heterocycles. The van der Waals surface area contributed by atoms with Crippen LogP contribution in [-0.2, 0) is 16.1 Å². The zero-order valence-electron chi connectivity index (χ0n) is 15.6. The largest absolute Gasteiger partial charge is 0.496 e. The first-order valence-electron chi connectivity index (χ1n) is 8.37. The Labute approximate surface area is 154 Å². The predicted molar refractivity (Wildman–Crippen MR) is 103 cm³/mol. The lowest BCUT2D eigenvalue weighted by Crippen LogP contribution is -2.29. The molecule has 0 bridgehead atoms. The van der Waals surface area contributed by atoms with E-state index in [4.69, 9.17) is 4.74 Å². The molecule has 0 aliphatic rings. The van der Waals surface area contributed by atoms with E-state index in [1.807, 2.05) is 31.0 Å². The third kappa shape index (κ3) is 5.89. The Morgan fingerprint density at radius 3 is 2.19 bits per heavy atom. The average Bonchev–Trinajstić information content (AvgIpc) is 2.56. The summed E-state index contributed by atoms with van der Waals surface area (Å²) in [5.41, 5.74) is 3.58. The first-order chi connectivity index (χ1) is 12.4. The quantitative estimate of drug-likeness (QED) is 0.801. The van der Waals surface area contributed by atoms with Crippen LogP contribution in [0.5, 0.6) is 5.75 Å². The summed E-state index contributed by atoms with van der Waals surface area (Å²) in [7, 11) is 3.56. The molecule has 0 radical (unpaired) electrons. The molecular weight excluding hydrogens is 330 g/mol. The molecule has 138 valence electrons. The van der Waals surface area contributed by atoms with Gasteiger partial charge in [-0.15, -0.1) is 0 Å². The van der Waals surface area contributed by atoms with Gasteiger partial charge in [0.15, 0.2) is 0 Å². The maximum absolute atomic E-state index is 12.2. The number of hydrogen-bond acceptors (Lipinski definition) is 4. The fourth-order valence-corrected chi connectivity index (χ4v) is 2.69. The van der Waals surface area contributed by atoms with E-state index in [9.17, 15) is 9.59 Å². The second kappa shape index (κ2) is 9.01. The summed E-state index contributed by atoms with van der Waals surface area (Å²) in [6.45, 7) is 4.40. The van der Waals surface area contributed by atoms with Crippen LogP contribution in [-0.4, -0.2) is 37.4 Å². The van der Waals surface area contributed by atoms with Gasteiger partial charge in [0, 0.05) is 24.8 Å². The molecule has 6 nitrogen and oxygen atoms in total. The lowest BCUT2D eigenvalue weighted by Gasteiger charge is -2.17. The number of aryl methyl sites for hydroxylation is 1. The zero-order valence-corrected chi connectivity index (χ0v) is 15.6. The van der Waals surface area contributed by atoms with Crippen molar-refractivity contribution in [3.63, 3.8) is 0 Å². The van der Waals surface area contributed by atoms with Crippen molar-refractivity contribution in [1.29, 1.82) is 0 Å². The molecule has 2 N–H and O–H groups in total.